The van der Waals surface area contributed by atoms with Crippen LogP contribution in [0.5, 0.6) is 0 Å². The van der Waals surface area contributed by atoms with Crippen LogP contribution in [0.25, 0.3) is 5.69 Å². The van der Waals surface area contributed by atoms with Crippen molar-refractivity contribution in [3.63, 3.8) is 0 Å². The normalized spacial score (nSPS) is 14.9. The average molecular weight is 403 g/mol. The molecule has 3 aromatic rings. The van der Waals surface area contributed by atoms with Crippen LogP contribution >= 0.6 is 0 Å². The molecule has 30 heavy (non-hydrogen) atoms. The quantitative estimate of drug-likeness (QED) is 0.661. The molecular formula is C25H30N4O. The number of amides is 1. The molecule has 156 valence electrons. The zero-order valence-corrected chi connectivity index (χ0v) is 18.4. The maximum atomic E-state index is 13.0. The zero-order chi connectivity index (χ0) is 21.3. The number of hydrogen-bond donors (Lipinski definition) is 0. The topological polar surface area (TPSA) is 41.4 Å². The van der Waals surface area contributed by atoms with Gasteiger partial charge in [-0.25, -0.2) is 4.68 Å². The molecule has 0 aliphatic carbocycles. The zero-order valence-electron chi connectivity index (χ0n) is 18.4. The van der Waals surface area contributed by atoms with Gasteiger partial charge in [-0.2, -0.15) is 5.10 Å². The number of carbonyl (C=O) groups is 1. The van der Waals surface area contributed by atoms with Crippen molar-refractivity contribution in [1.29, 1.82) is 0 Å². The van der Waals surface area contributed by atoms with E-state index in [4.69, 9.17) is 5.10 Å². The maximum Gasteiger partial charge on any atom is 0.254 e. The van der Waals surface area contributed by atoms with E-state index in [1.807, 2.05) is 46.8 Å². The maximum absolute atomic E-state index is 13.0. The number of piperazine rings is 1. The number of benzene rings is 2. The summed E-state index contributed by atoms with van der Waals surface area (Å²) in [6.45, 7) is 12.5. The molecule has 2 aromatic carbocycles. The first-order valence-corrected chi connectivity index (χ1v) is 10.6. The third-order valence-corrected chi connectivity index (χ3v) is 6.10. The second-order valence-electron chi connectivity index (χ2n) is 8.28. The molecule has 0 atom stereocenters. The molecule has 0 N–H and O–H groups in total. The Kier molecular flexibility index (Phi) is 5.73. The van der Waals surface area contributed by atoms with Crippen LogP contribution in [0.15, 0.2) is 48.5 Å². The third-order valence-electron chi connectivity index (χ3n) is 6.10. The highest BCUT2D eigenvalue weighted by Crippen LogP contribution is 2.21. The second kappa shape index (κ2) is 8.44. The van der Waals surface area contributed by atoms with Gasteiger partial charge in [0.1, 0.15) is 0 Å². The fraction of sp³-hybridized carbons (Fsp3) is 0.360. The van der Waals surface area contributed by atoms with Crippen molar-refractivity contribution in [1.82, 2.24) is 19.6 Å². The summed E-state index contributed by atoms with van der Waals surface area (Å²) in [5, 5.41) is 4.77. The van der Waals surface area contributed by atoms with E-state index in [-0.39, 0.29) is 5.91 Å². The first-order chi connectivity index (χ1) is 14.4. The van der Waals surface area contributed by atoms with Gasteiger partial charge in [-0.05, 0) is 51.5 Å². The van der Waals surface area contributed by atoms with E-state index in [1.165, 1.54) is 16.8 Å². The Hall–Kier alpha value is -2.92. The van der Waals surface area contributed by atoms with Crippen LogP contribution in [0, 0.1) is 27.7 Å². The van der Waals surface area contributed by atoms with E-state index in [0.717, 1.165) is 55.2 Å². The lowest BCUT2D eigenvalue weighted by atomic mass is 10.0. The molecule has 0 saturated carbocycles. The molecule has 2 heterocycles. The van der Waals surface area contributed by atoms with Crippen molar-refractivity contribution in [3.8, 4) is 5.69 Å². The third kappa shape index (κ3) is 4.03. The van der Waals surface area contributed by atoms with Crippen LogP contribution < -0.4 is 0 Å². The van der Waals surface area contributed by atoms with Crippen molar-refractivity contribution in [2.45, 2.75) is 34.2 Å². The standard InChI is InChI=1S/C25H30N4O/c1-18-10-11-23(19(2)16-18)25(30)28-14-12-27(13-15-28)17-24-20(3)26-29(21(24)4)22-8-6-5-7-9-22/h5-11,16H,12-15,17H2,1-4H3. The van der Waals surface area contributed by atoms with E-state index in [1.54, 1.807) is 0 Å². The first-order valence-electron chi connectivity index (χ1n) is 10.6. The second-order valence-corrected chi connectivity index (χ2v) is 8.28. The molecule has 0 bridgehead atoms. The predicted octanol–water partition coefficient (Wildman–Crippen LogP) is 4.06. The molecule has 4 rings (SSSR count). The van der Waals surface area contributed by atoms with Gasteiger partial charge in [0.2, 0.25) is 0 Å². The summed E-state index contributed by atoms with van der Waals surface area (Å²) in [6.07, 6.45) is 0. The number of aryl methyl sites for hydroxylation is 3. The van der Waals surface area contributed by atoms with Crippen molar-refractivity contribution < 1.29 is 4.79 Å². The Balaban J connectivity index is 1.42. The van der Waals surface area contributed by atoms with Gasteiger partial charge in [0.25, 0.3) is 5.91 Å². The van der Waals surface area contributed by atoms with E-state index in [2.05, 4.69) is 43.9 Å². The summed E-state index contributed by atoms with van der Waals surface area (Å²) < 4.78 is 2.03. The van der Waals surface area contributed by atoms with Crippen LogP contribution in [0.4, 0.5) is 0 Å². The fourth-order valence-corrected chi connectivity index (χ4v) is 4.28. The highest BCUT2D eigenvalue weighted by molar-refractivity contribution is 5.95. The van der Waals surface area contributed by atoms with Crippen LogP contribution in [0.2, 0.25) is 0 Å². The molecule has 1 fully saturated rings. The van der Waals surface area contributed by atoms with Gasteiger partial charge in [0.15, 0.2) is 0 Å². The smallest absolute Gasteiger partial charge is 0.254 e. The number of rotatable bonds is 4. The van der Waals surface area contributed by atoms with Crippen molar-refractivity contribution in [2.24, 2.45) is 0 Å². The molecule has 1 amide bonds. The first kappa shape index (κ1) is 20.4. The Morgan fingerprint density at radius 1 is 0.933 bits per heavy atom. The number of carbonyl (C=O) groups excluding carboxylic acids is 1. The highest BCUT2D eigenvalue weighted by Gasteiger charge is 2.24. The lowest BCUT2D eigenvalue weighted by Crippen LogP contribution is -2.48. The summed E-state index contributed by atoms with van der Waals surface area (Å²) in [4.78, 5) is 17.4. The number of aromatic nitrogens is 2. The van der Waals surface area contributed by atoms with E-state index < -0.39 is 0 Å². The molecule has 1 aromatic heterocycles. The fourth-order valence-electron chi connectivity index (χ4n) is 4.28. The molecule has 0 radical (unpaired) electrons. The van der Waals surface area contributed by atoms with Crippen LogP contribution in [0.1, 0.15) is 38.4 Å². The largest absolute Gasteiger partial charge is 0.336 e. The molecule has 1 aliphatic rings. The summed E-state index contributed by atoms with van der Waals surface area (Å²) in [7, 11) is 0. The van der Waals surface area contributed by atoms with Gasteiger partial charge in [0.05, 0.1) is 11.4 Å². The Morgan fingerprint density at radius 2 is 1.63 bits per heavy atom. The predicted molar refractivity (Wildman–Crippen MR) is 120 cm³/mol. The van der Waals surface area contributed by atoms with Crippen LogP contribution in [-0.2, 0) is 6.54 Å². The average Bonchev–Trinajstić information content (AvgIpc) is 3.03. The van der Waals surface area contributed by atoms with Gasteiger partial charge in [0, 0.05) is 49.5 Å². The van der Waals surface area contributed by atoms with Crippen LogP contribution in [0.3, 0.4) is 0 Å². The molecular weight excluding hydrogens is 372 g/mol. The number of para-hydroxylation sites is 1. The van der Waals surface area contributed by atoms with Crippen molar-refractivity contribution in [3.05, 3.63) is 82.2 Å². The number of nitrogens with zero attached hydrogens (tertiary/aromatic N) is 4. The minimum Gasteiger partial charge on any atom is -0.336 e. The van der Waals surface area contributed by atoms with E-state index in [0.29, 0.717) is 0 Å². The Labute approximate surface area is 178 Å². The monoisotopic (exact) mass is 402 g/mol. The highest BCUT2D eigenvalue weighted by atomic mass is 16.2. The molecule has 5 nitrogen and oxygen atoms in total. The lowest BCUT2D eigenvalue weighted by molar-refractivity contribution is 0.0627. The van der Waals surface area contributed by atoms with Crippen molar-refractivity contribution >= 4 is 5.91 Å². The van der Waals surface area contributed by atoms with E-state index in [9.17, 15) is 4.79 Å². The summed E-state index contributed by atoms with van der Waals surface area (Å²) in [5.74, 6) is 0.149. The summed E-state index contributed by atoms with van der Waals surface area (Å²) >= 11 is 0. The Morgan fingerprint density at radius 3 is 2.30 bits per heavy atom. The lowest BCUT2D eigenvalue weighted by Gasteiger charge is -2.35. The molecule has 0 spiro atoms. The minimum atomic E-state index is 0.149. The number of hydrogen-bond acceptors (Lipinski definition) is 3. The summed E-state index contributed by atoms with van der Waals surface area (Å²) in [5.41, 5.74) is 7.71. The van der Waals surface area contributed by atoms with Gasteiger partial charge in [-0.15, -0.1) is 0 Å². The molecule has 1 aliphatic heterocycles. The van der Waals surface area contributed by atoms with Crippen molar-refractivity contribution in [2.75, 3.05) is 26.2 Å². The molecule has 5 heteroatoms. The SMILES string of the molecule is Cc1ccc(C(=O)N2CCN(Cc3c(C)nn(-c4ccccc4)c3C)CC2)c(C)c1. The van der Waals surface area contributed by atoms with Gasteiger partial charge < -0.3 is 4.90 Å². The van der Waals surface area contributed by atoms with Gasteiger partial charge >= 0.3 is 0 Å². The van der Waals surface area contributed by atoms with Gasteiger partial charge in [-0.1, -0.05) is 35.9 Å². The molecule has 1 saturated heterocycles. The van der Waals surface area contributed by atoms with E-state index >= 15 is 0 Å². The van der Waals surface area contributed by atoms with Gasteiger partial charge in [-0.3, -0.25) is 9.69 Å². The summed E-state index contributed by atoms with van der Waals surface area (Å²) in [6, 6.07) is 16.3. The Bertz CT molecular complexity index is 1050. The molecule has 0 unspecified atom stereocenters. The minimum absolute atomic E-state index is 0.149. The van der Waals surface area contributed by atoms with Crippen LogP contribution in [-0.4, -0.2) is 51.7 Å².